The van der Waals surface area contributed by atoms with Crippen LogP contribution in [0, 0.1) is 0 Å². The van der Waals surface area contributed by atoms with Gasteiger partial charge < -0.3 is 4.57 Å². The molecule has 0 spiro atoms. The number of benzene rings is 6. The third-order valence-corrected chi connectivity index (χ3v) is 8.28. The first-order chi connectivity index (χ1) is 19.8. The number of nitrogens with zero attached hydrogens (tertiary/aromatic N) is 3. The summed E-state index contributed by atoms with van der Waals surface area (Å²) < 4.78 is 4.72. The second kappa shape index (κ2) is 8.05. The Hall–Kier alpha value is -5.41. The van der Waals surface area contributed by atoms with Crippen LogP contribution in [0.4, 0.5) is 0 Å². The van der Waals surface area contributed by atoms with Gasteiger partial charge in [0.15, 0.2) is 0 Å². The molecule has 0 N–H and O–H groups in total. The minimum absolute atomic E-state index is 0.994. The summed E-state index contributed by atoms with van der Waals surface area (Å²) in [6.45, 7) is 0. The van der Waals surface area contributed by atoms with Crippen LogP contribution in [0.25, 0.3) is 77.0 Å². The summed E-state index contributed by atoms with van der Waals surface area (Å²) in [6.07, 6.45) is 0. The normalized spacial score (nSPS) is 12.0. The van der Waals surface area contributed by atoms with Gasteiger partial charge in [0.2, 0.25) is 0 Å². The molecule has 0 aliphatic carbocycles. The molecule has 3 nitrogen and oxygen atoms in total. The summed E-state index contributed by atoms with van der Waals surface area (Å²) in [7, 11) is 0. The van der Waals surface area contributed by atoms with Crippen molar-refractivity contribution in [1.82, 2.24) is 14.0 Å². The zero-order chi connectivity index (χ0) is 26.2. The number of para-hydroxylation sites is 4. The largest absolute Gasteiger partial charge is 0.309 e. The highest BCUT2D eigenvalue weighted by atomic mass is 15.0. The second-order valence-corrected chi connectivity index (χ2v) is 10.5. The fourth-order valence-corrected chi connectivity index (χ4v) is 6.48. The maximum absolute atomic E-state index is 5.16. The van der Waals surface area contributed by atoms with Crippen LogP contribution in [0.2, 0.25) is 0 Å². The van der Waals surface area contributed by atoms with Gasteiger partial charge in [-0.05, 0) is 65.0 Å². The van der Waals surface area contributed by atoms with Crippen molar-refractivity contribution < 1.29 is 0 Å². The van der Waals surface area contributed by atoms with Crippen LogP contribution in [0.15, 0.2) is 140 Å². The third-order valence-electron chi connectivity index (χ3n) is 8.28. The summed E-state index contributed by atoms with van der Waals surface area (Å²) in [4.78, 5) is 5.16. The fourth-order valence-electron chi connectivity index (χ4n) is 6.48. The first-order valence-corrected chi connectivity index (χ1v) is 13.7. The molecule has 3 heteroatoms. The molecule has 0 aliphatic rings. The predicted octanol–water partition coefficient (Wildman–Crippen LogP) is 9.56. The molecule has 6 aromatic carbocycles. The van der Waals surface area contributed by atoms with Gasteiger partial charge in [0, 0.05) is 27.2 Å². The maximum atomic E-state index is 5.16. The molecule has 3 aromatic heterocycles. The van der Waals surface area contributed by atoms with Gasteiger partial charge in [-0.15, -0.1) is 0 Å². The van der Waals surface area contributed by atoms with Crippen LogP contribution in [0.5, 0.6) is 0 Å². The lowest BCUT2D eigenvalue weighted by Crippen LogP contribution is -1.95. The highest BCUT2D eigenvalue weighted by molar-refractivity contribution is 6.21. The zero-order valence-corrected chi connectivity index (χ0v) is 21.6. The molecule has 0 saturated carbocycles. The number of rotatable bonds is 2. The summed E-state index contributed by atoms with van der Waals surface area (Å²) in [6, 6.07) is 50.0. The van der Waals surface area contributed by atoms with Gasteiger partial charge in [0.1, 0.15) is 5.65 Å². The Balaban J connectivity index is 1.41. The third kappa shape index (κ3) is 2.92. The molecule has 0 radical (unpaired) electrons. The summed E-state index contributed by atoms with van der Waals surface area (Å²) in [5.41, 5.74) is 10.3. The van der Waals surface area contributed by atoms with Crippen LogP contribution in [0.1, 0.15) is 0 Å². The molecule has 186 valence electrons. The molecule has 0 fully saturated rings. The van der Waals surface area contributed by atoms with Crippen molar-refractivity contribution in [3.05, 3.63) is 140 Å². The van der Waals surface area contributed by atoms with E-state index in [1.165, 1.54) is 49.2 Å². The van der Waals surface area contributed by atoms with Gasteiger partial charge in [0.25, 0.3) is 0 Å². The lowest BCUT2D eigenvalue weighted by Gasteiger charge is -2.12. The number of fused-ring (bicyclic) bond motifs is 11. The molecule has 0 atom stereocenters. The Morgan fingerprint density at radius 3 is 1.82 bits per heavy atom. The topological polar surface area (TPSA) is 22.2 Å². The van der Waals surface area contributed by atoms with Crippen molar-refractivity contribution in [2.45, 2.75) is 0 Å². The van der Waals surface area contributed by atoms with E-state index in [1.807, 2.05) is 0 Å². The lowest BCUT2D eigenvalue weighted by atomic mass is 10.0. The van der Waals surface area contributed by atoms with E-state index < -0.39 is 0 Å². The van der Waals surface area contributed by atoms with Crippen molar-refractivity contribution in [2.75, 3.05) is 0 Å². The van der Waals surface area contributed by atoms with Gasteiger partial charge in [0.05, 0.1) is 27.6 Å². The average molecular weight is 510 g/mol. The lowest BCUT2D eigenvalue weighted by molar-refractivity contribution is 1.18. The second-order valence-electron chi connectivity index (χ2n) is 10.5. The average Bonchev–Trinajstić information content (AvgIpc) is 3.57. The molecule has 40 heavy (non-hydrogen) atoms. The Labute approximate surface area is 230 Å². The van der Waals surface area contributed by atoms with Gasteiger partial charge in [-0.25, -0.2) is 4.98 Å². The Bertz CT molecular complexity index is 2410. The van der Waals surface area contributed by atoms with Crippen LogP contribution >= 0.6 is 0 Å². The molecule has 0 amide bonds. The molecule has 9 rings (SSSR count). The van der Waals surface area contributed by atoms with Crippen molar-refractivity contribution in [2.24, 2.45) is 0 Å². The van der Waals surface area contributed by atoms with Gasteiger partial charge in [-0.2, -0.15) is 0 Å². The number of imidazole rings is 1. The van der Waals surface area contributed by atoms with E-state index >= 15 is 0 Å². The SMILES string of the molecule is c1ccc(-c2ccc(-n3c4ccccc4c4cc5c6ccccc6n6c7ccccc7nc6c5cc43)cc2)cc1. The highest BCUT2D eigenvalue weighted by Gasteiger charge is 2.18. The van der Waals surface area contributed by atoms with Gasteiger partial charge >= 0.3 is 0 Å². The van der Waals surface area contributed by atoms with Crippen LogP contribution in [0.3, 0.4) is 0 Å². The van der Waals surface area contributed by atoms with Crippen molar-refractivity contribution in [1.29, 1.82) is 0 Å². The number of hydrogen-bond acceptors (Lipinski definition) is 1. The van der Waals surface area contributed by atoms with E-state index in [0.29, 0.717) is 0 Å². The van der Waals surface area contributed by atoms with E-state index in [2.05, 4.69) is 148 Å². The predicted molar refractivity (Wildman–Crippen MR) is 167 cm³/mol. The van der Waals surface area contributed by atoms with Gasteiger partial charge in [-0.3, -0.25) is 4.40 Å². The number of pyridine rings is 1. The van der Waals surface area contributed by atoms with Crippen molar-refractivity contribution in [3.8, 4) is 16.8 Å². The molecular weight excluding hydrogens is 486 g/mol. The molecule has 3 heterocycles. The minimum Gasteiger partial charge on any atom is -0.309 e. The number of hydrogen-bond donors (Lipinski definition) is 0. The fraction of sp³-hybridized carbons (Fsp3) is 0. The number of aromatic nitrogens is 3. The van der Waals surface area contributed by atoms with Crippen LogP contribution in [-0.4, -0.2) is 14.0 Å². The summed E-state index contributed by atoms with van der Waals surface area (Å²) >= 11 is 0. The van der Waals surface area contributed by atoms with E-state index in [9.17, 15) is 0 Å². The summed E-state index contributed by atoms with van der Waals surface area (Å²) in [5.74, 6) is 0. The molecule has 0 saturated heterocycles. The Morgan fingerprint density at radius 2 is 1.02 bits per heavy atom. The van der Waals surface area contributed by atoms with E-state index in [1.54, 1.807) is 0 Å². The Morgan fingerprint density at radius 1 is 0.400 bits per heavy atom. The van der Waals surface area contributed by atoms with Crippen molar-refractivity contribution >= 4 is 60.2 Å². The van der Waals surface area contributed by atoms with Crippen LogP contribution in [-0.2, 0) is 0 Å². The van der Waals surface area contributed by atoms with Crippen molar-refractivity contribution in [3.63, 3.8) is 0 Å². The summed E-state index contributed by atoms with van der Waals surface area (Å²) in [5, 5.41) is 6.13. The molecule has 0 aliphatic heterocycles. The van der Waals surface area contributed by atoms with Gasteiger partial charge in [-0.1, -0.05) is 91.0 Å². The van der Waals surface area contributed by atoms with E-state index in [4.69, 9.17) is 4.98 Å². The molecule has 0 unspecified atom stereocenters. The monoisotopic (exact) mass is 509 g/mol. The highest BCUT2D eigenvalue weighted by Crippen LogP contribution is 2.39. The van der Waals surface area contributed by atoms with Crippen LogP contribution < -0.4 is 0 Å². The van der Waals surface area contributed by atoms with E-state index in [0.717, 1.165) is 27.8 Å². The molecule has 0 bridgehead atoms. The first kappa shape index (κ1) is 21.5. The molecular formula is C37H23N3. The maximum Gasteiger partial charge on any atom is 0.146 e. The smallest absolute Gasteiger partial charge is 0.146 e. The molecule has 9 aromatic rings. The standard InChI is InChI=1S/C37H23N3/c1-2-10-24(11-3-1)25-18-20-26(21-19-25)39-33-15-7-5-13-28(33)30-22-29-27-12-4-8-16-34(27)40-35-17-9-6-14-32(35)38-37(40)31(29)23-36(30)39/h1-23H. The Kier molecular flexibility index (Phi) is 4.33. The minimum atomic E-state index is 0.994. The zero-order valence-electron chi connectivity index (χ0n) is 21.6. The van der Waals surface area contributed by atoms with E-state index in [-0.39, 0.29) is 0 Å². The first-order valence-electron chi connectivity index (χ1n) is 13.7. The quantitative estimate of drug-likeness (QED) is 0.213.